The van der Waals surface area contributed by atoms with E-state index in [2.05, 4.69) is 49.3 Å². The molecule has 5 heteroatoms. The van der Waals surface area contributed by atoms with Crippen LogP contribution in [0.2, 0.25) is 0 Å². The van der Waals surface area contributed by atoms with Crippen LogP contribution in [0.4, 0.5) is 5.13 Å². The van der Waals surface area contributed by atoms with Crippen molar-refractivity contribution in [2.45, 2.75) is 65.5 Å². The highest BCUT2D eigenvalue weighted by atomic mass is 32.1. The topological polar surface area (TPSA) is 47.0 Å². The van der Waals surface area contributed by atoms with Gasteiger partial charge in [0.05, 0.1) is 0 Å². The van der Waals surface area contributed by atoms with Gasteiger partial charge in [-0.05, 0) is 40.5 Å². The monoisotopic (exact) mass is 271 g/mol. The van der Waals surface area contributed by atoms with E-state index in [0.29, 0.717) is 6.61 Å². The van der Waals surface area contributed by atoms with Crippen molar-refractivity contribution in [1.82, 2.24) is 9.36 Å². The standard InChI is InChI=1S/C13H25N3OS/c1-7-13(8-2,17-9-3)10-14-11(18-16-10)15-12(4,5)6/h7-9H2,1-6H3,(H,14,15,16). The molecule has 1 heterocycles. The van der Waals surface area contributed by atoms with Gasteiger partial charge in [-0.2, -0.15) is 4.37 Å². The van der Waals surface area contributed by atoms with Gasteiger partial charge in [0.15, 0.2) is 5.82 Å². The van der Waals surface area contributed by atoms with E-state index in [9.17, 15) is 0 Å². The Bertz CT molecular complexity index is 367. The Hall–Kier alpha value is -0.680. The van der Waals surface area contributed by atoms with Gasteiger partial charge in [-0.1, -0.05) is 13.8 Å². The van der Waals surface area contributed by atoms with Crippen LogP contribution in [0.25, 0.3) is 0 Å². The summed E-state index contributed by atoms with van der Waals surface area (Å²) in [6.07, 6.45) is 1.78. The van der Waals surface area contributed by atoms with E-state index in [1.165, 1.54) is 11.5 Å². The van der Waals surface area contributed by atoms with Crippen LogP contribution in [0.5, 0.6) is 0 Å². The SMILES string of the molecule is CCOC(CC)(CC)c1nsc(NC(C)(C)C)n1. The number of aromatic nitrogens is 2. The smallest absolute Gasteiger partial charge is 0.203 e. The fourth-order valence-electron chi connectivity index (χ4n) is 1.89. The lowest BCUT2D eigenvalue weighted by atomic mass is 9.96. The lowest BCUT2D eigenvalue weighted by molar-refractivity contribution is -0.0562. The van der Waals surface area contributed by atoms with Gasteiger partial charge >= 0.3 is 0 Å². The first-order valence-electron chi connectivity index (χ1n) is 6.63. The van der Waals surface area contributed by atoms with Crippen molar-refractivity contribution < 1.29 is 4.74 Å². The first-order valence-corrected chi connectivity index (χ1v) is 7.40. The molecule has 104 valence electrons. The lowest BCUT2D eigenvalue weighted by Gasteiger charge is -2.28. The Balaban J connectivity index is 2.94. The summed E-state index contributed by atoms with van der Waals surface area (Å²) in [4.78, 5) is 4.60. The Morgan fingerprint density at radius 2 is 1.78 bits per heavy atom. The average molecular weight is 271 g/mol. The van der Waals surface area contributed by atoms with Crippen LogP contribution in [-0.4, -0.2) is 21.5 Å². The molecule has 1 aromatic rings. The van der Waals surface area contributed by atoms with Crippen molar-refractivity contribution in [2.24, 2.45) is 0 Å². The van der Waals surface area contributed by atoms with E-state index in [0.717, 1.165) is 23.8 Å². The van der Waals surface area contributed by atoms with E-state index in [1.807, 2.05) is 6.92 Å². The third-order valence-corrected chi connectivity index (χ3v) is 3.51. The highest BCUT2D eigenvalue weighted by molar-refractivity contribution is 7.09. The van der Waals surface area contributed by atoms with Crippen molar-refractivity contribution in [1.29, 1.82) is 0 Å². The van der Waals surface area contributed by atoms with Crippen molar-refractivity contribution >= 4 is 16.7 Å². The first-order chi connectivity index (χ1) is 8.37. The molecule has 18 heavy (non-hydrogen) atoms. The Morgan fingerprint density at radius 1 is 1.17 bits per heavy atom. The van der Waals surface area contributed by atoms with Crippen molar-refractivity contribution in [3.63, 3.8) is 0 Å². The number of anilines is 1. The molecular formula is C13H25N3OS. The predicted molar refractivity (Wildman–Crippen MR) is 77.2 cm³/mol. The fraction of sp³-hybridized carbons (Fsp3) is 0.846. The maximum absolute atomic E-state index is 5.91. The Labute approximate surface area is 114 Å². The summed E-state index contributed by atoms with van der Waals surface area (Å²) in [5.74, 6) is 0.811. The number of hydrogen-bond acceptors (Lipinski definition) is 5. The van der Waals surface area contributed by atoms with Crippen LogP contribution in [0.1, 0.15) is 60.2 Å². The molecule has 1 aromatic heterocycles. The second-order valence-corrected chi connectivity index (χ2v) is 6.18. The summed E-state index contributed by atoms with van der Waals surface area (Å²) in [5, 5.41) is 4.22. The van der Waals surface area contributed by atoms with Crippen LogP contribution in [-0.2, 0) is 10.3 Å². The van der Waals surface area contributed by atoms with Gasteiger partial charge in [0.25, 0.3) is 0 Å². The lowest BCUT2D eigenvalue weighted by Crippen LogP contribution is -2.30. The van der Waals surface area contributed by atoms with Crippen LogP contribution in [0.15, 0.2) is 0 Å². The zero-order valence-corrected chi connectivity index (χ0v) is 13.1. The van der Waals surface area contributed by atoms with Crippen LogP contribution in [0.3, 0.4) is 0 Å². The number of nitrogens with one attached hydrogen (secondary N) is 1. The number of ether oxygens (including phenoxy) is 1. The van der Waals surface area contributed by atoms with Gasteiger partial charge in [0, 0.05) is 23.7 Å². The van der Waals surface area contributed by atoms with Crippen molar-refractivity contribution in [3.05, 3.63) is 5.82 Å². The molecule has 0 aliphatic rings. The van der Waals surface area contributed by atoms with E-state index in [4.69, 9.17) is 4.74 Å². The molecule has 0 radical (unpaired) electrons. The minimum Gasteiger partial charge on any atom is -0.367 e. The number of nitrogens with zero attached hydrogens (tertiary/aromatic N) is 2. The quantitative estimate of drug-likeness (QED) is 0.855. The second-order valence-electron chi connectivity index (χ2n) is 5.43. The second kappa shape index (κ2) is 5.97. The van der Waals surface area contributed by atoms with Gasteiger partial charge in [0.1, 0.15) is 5.60 Å². The highest BCUT2D eigenvalue weighted by Gasteiger charge is 2.33. The Kier molecular flexibility index (Phi) is 5.10. The molecule has 0 atom stereocenters. The Morgan fingerprint density at radius 3 is 2.22 bits per heavy atom. The highest BCUT2D eigenvalue weighted by Crippen LogP contribution is 2.33. The van der Waals surface area contributed by atoms with Crippen molar-refractivity contribution in [2.75, 3.05) is 11.9 Å². The minimum absolute atomic E-state index is 0.00348. The number of hydrogen-bond donors (Lipinski definition) is 1. The van der Waals surface area contributed by atoms with Crippen LogP contribution in [0, 0.1) is 0 Å². The van der Waals surface area contributed by atoms with Gasteiger partial charge in [-0.3, -0.25) is 0 Å². The maximum atomic E-state index is 5.91. The molecule has 4 nitrogen and oxygen atoms in total. The number of rotatable bonds is 6. The van der Waals surface area contributed by atoms with Gasteiger partial charge in [0.2, 0.25) is 5.13 Å². The predicted octanol–water partition coefficient (Wildman–Crippen LogP) is 3.80. The third-order valence-electron chi connectivity index (χ3n) is 2.88. The molecule has 0 unspecified atom stereocenters. The molecule has 1 rings (SSSR count). The molecule has 0 amide bonds. The molecule has 0 fully saturated rings. The molecule has 0 spiro atoms. The molecular weight excluding hydrogens is 246 g/mol. The van der Waals surface area contributed by atoms with Crippen LogP contribution >= 0.6 is 11.5 Å². The van der Waals surface area contributed by atoms with E-state index < -0.39 is 0 Å². The third kappa shape index (κ3) is 3.65. The summed E-state index contributed by atoms with van der Waals surface area (Å²) in [6.45, 7) is 13.3. The van der Waals surface area contributed by atoms with E-state index in [1.54, 1.807) is 0 Å². The molecule has 0 saturated carbocycles. The summed E-state index contributed by atoms with van der Waals surface area (Å²) in [7, 11) is 0. The minimum atomic E-state index is -0.330. The summed E-state index contributed by atoms with van der Waals surface area (Å²) >= 11 is 1.41. The zero-order valence-electron chi connectivity index (χ0n) is 12.3. The summed E-state index contributed by atoms with van der Waals surface area (Å²) < 4.78 is 10.4. The van der Waals surface area contributed by atoms with Gasteiger partial charge in [-0.25, -0.2) is 4.98 Å². The summed E-state index contributed by atoms with van der Waals surface area (Å²) in [5.41, 5.74) is -0.327. The zero-order chi connectivity index (χ0) is 13.8. The normalized spacial score (nSPS) is 12.8. The van der Waals surface area contributed by atoms with Crippen molar-refractivity contribution in [3.8, 4) is 0 Å². The van der Waals surface area contributed by atoms with Crippen LogP contribution < -0.4 is 5.32 Å². The van der Waals surface area contributed by atoms with Gasteiger partial charge < -0.3 is 10.1 Å². The molecule has 0 saturated heterocycles. The molecule has 0 aliphatic heterocycles. The molecule has 0 bridgehead atoms. The largest absolute Gasteiger partial charge is 0.367 e. The average Bonchev–Trinajstić information content (AvgIpc) is 2.72. The maximum Gasteiger partial charge on any atom is 0.203 e. The van der Waals surface area contributed by atoms with Gasteiger partial charge in [-0.15, -0.1) is 0 Å². The fourth-order valence-corrected chi connectivity index (χ4v) is 2.75. The molecule has 0 aromatic carbocycles. The van der Waals surface area contributed by atoms with E-state index in [-0.39, 0.29) is 11.1 Å². The first kappa shape index (κ1) is 15.4. The summed E-state index contributed by atoms with van der Waals surface area (Å²) in [6, 6.07) is 0. The van der Waals surface area contributed by atoms with E-state index >= 15 is 0 Å². The molecule has 0 aliphatic carbocycles. The molecule has 1 N–H and O–H groups in total.